The molecule has 0 radical (unpaired) electrons. The monoisotopic (exact) mass is 273 g/mol. The van der Waals surface area contributed by atoms with E-state index in [0.717, 1.165) is 17.5 Å². The summed E-state index contributed by atoms with van der Waals surface area (Å²) in [6, 6.07) is 4.17. The number of phenols is 1. The number of halogens is 1. The fourth-order valence-electron chi connectivity index (χ4n) is 1.77. The Morgan fingerprint density at radius 2 is 2.20 bits per heavy atom. The normalized spacial score (nSPS) is 18.8. The van der Waals surface area contributed by atoms with Crippen molar-refractivity contribution in [1.82, 2.24) is 5.32 Å². The molecule has 1 unspecified atom stereocenters. The van der Waals surface area contributed by atoms with Crippen molar-refractivity contribution < 1.29 is 15.0 Å². The number of fused-ring (bicyclic) bond motifs is 1. The van der Waals surface area contributed by atoms with E-state index >= 15 is 0 Å². The molecule has 0 spiro atoms. The lowest BCUT2D eigenvalue weighted by Crippen LogP contribution is -2.34. The van der Waals surface area contributed by atoms with Gasteiger partial charge in [-0.15, -0.1) is 17.0 Å². The van der Waals surface area contributed by atoms with Gasteiger partial charge in [0.1, 0.15) is 11.8 Å². The molecular weight excluding hydrogens is 262 g/mol. The van der Waals surface area contributed by atoms with Crippen molar-refractivity contribution in [2.24, 2.45) is 0 Å². The van der Waals surface area contributed by atoms with Crippen LogP contribution in [0.4, 0.5) is 0 Å². The van der Waals surface area contributed by atoms with E-state index in [1.165, 1.54) is 6.07 Å². The van der Waals surface area contributed by atoms with Gasteiger partial charge in [-0.25, -0.2) is 0 Å². The summed E-state index contributed by atoms with van der Waals surface area (Å²) in [6.45, 7) is 0.632. The quantitative estimate of drug-likeness (QED) is 0.720. The number of benzene rings is 1. The van der Waals surface area contributed by atoms with E-state index in [1.807, 2.05) is 0 Å². The summed E-state index contributed by atoms with van der Waals surface area (Å²) in [5.41, 5.74) is 1.66. The number of carboxylic acid groups (broad SMARTS) is 1. The number of carbonyl (C=O) groups is 1. The number of rotatable bonds is 1. The Labute approximate surface area is 97.7 Å². The van der Waals surface area contributed by atoms with Crippen molar-refractivity contribution >= 4 is 23.0 Å². The zero-order chi connectivity index (χ0) is 10.1. The second kappa shape index (κ2) is 4.63. The third kappa shape index (κ3) is 2.30. The van der Waals surface area contributed by atoms with Gasteiger partial charge >= 0.3 is 5.97 Å². The van der Waals surface area contributed by atoms with Gasteiger partial charge in [-0.05, 0) is 29.7 Å². The molecule has 0 aliphatic carbocycles. The molecule has 0 aromatic heterocycles. The van der Waals surface area contributed by atoms with Crippen LogP contribution in [-0.2, 0) is 11.2 Å². The van der Waals surface area contributed by atoms with Crippen LogP contribution in [0.3, 0.4) is 0 Å². The van der Waals surface area contributed by atoms with Crippen molar-refractivity contribution in [1.29, 1.82) is 0 Å². The van der Waals surface area contributed by atoms with Crippen molar-refractivity contribution in [3.8, 4) is 5.75 Å². The largest absolute Gasteiger partial charge is 0.508 e. The molecule has 1 heterocycles. The Hall–Kier alpha value is -1.07. The van der Waals surface area contributed by atoms with E-state index in [-0.39, 0.29) is 22.7 Å². The third-order valence-corrected chi connectivity index (χ3v) is 2.43. The second-order valence-corrected chi connectivity index (χ2v) is 3.36. The van der Waals surface area contributed by atoms with Crippen LogP contribution in [0.5, 0.6) is 5.75 Å². The number of nitrogens with one attached hydrogen (secondary N) is 1. The van der Waals surface area contributed by atoms with Crippen molar-refractivity contribution in [2.45, 2.75) is 12.5 Å². The minimum Gasteiger partial charge on any atom is -0.508 e. The standard InChI is InChI=1S/C10H11NO3.BrH/c12-7-1-2-8-6(5-7)3-4-11-9(8)10(13)14;/h1-2,5,9,11-12H,3-4H2,(H,13,14);1H. The van der Waals surface area contributed by atoms with Gasteiger partial charge in [0.25, 0.3) is 0 Å². The summed E-state index contributed by atoms with van der Waals surface area (Å²) in [5, 5.41) is 21.1. The van der Waals surface area contributed by atoms with Gasteiger partial charge in [0.2, 0.25) is 0 Å². The van der Waals surface area contributed by atoms with Crippen LogP contribution in [-0.4, -0.2) is 22.7 Å². The number of carboxylic acids is 1. The Morgan fingerprint density at radius 1 is 1.47 bits per heavy atom. The predicted molar refractivity (Wildman–Crippen MR) is 60.5 cm³/mol. The molecule has 1 atom stereocenters. The molecule has 0 amide bonds. The number of phenolic OH excluding ortho intramolecular Hbond substituents is 1. The summed E-state index contributed by atoms with van der Waals surface area (Å²) < 4.78 is 0. The smallest absolute Gasteiger partial charge is 0.325 e. The minimum absolute atomic E-state index is 0. The summed E-state index contributed by atoms with van der Waals surface area (Å²) in [4.78, 5) is 10.9. The van der Waals surface area contributed by atoms with Gasteiger partial charge in [0.15, 0.2) is 0 Å². The summed E-state index contributed by atoms with van der Waals surface area (Å²) in [7, 11) is 0. The maximum absolute atomic E-state index is 10.9. The first kappa shape index (κ1) is 12.0. The van der Waals surface area contributed by atoms with Crippen LogP contribution in [0.2, 0.25) is 0 Å². The summed E-state index contributed by atoms with van der Waals surface area (Å²) >= 11 is 0. The molecule has 0 bridgehead atoms. The molecule has 82 valence electrons. The highest BCUT2D eigenvalue weighted by molar-refractivity contribution is 8.93. The fourth-order valence-corrected chi connectivity index (χ4v) is 1.77. The number of aromatic hydroxyl groups is 1. The molecule has 1 aliphatic heterocycles. The number of hydrogen-bond acceptors (Lipinski definition) is 3. The van der Waals surface area contributed by atoms with Gasteiger partial charge in [-0.3, -0.25) is 4.79 Å². The molecule has 5 heteroatoms. The predicted octanol–water partition coefficient (Wildman–Crippen LogP) is 1.24. The lowest BCUT2D eigenvalue weighted by Gasteiger charge is -2.23. The van der Waals surface area contributed by atoms with Crippen molar-refractivity contribution in [3.63, 3.8) is 0 Å². The molecule has 0 fully saturated rings. The first-order chi connectivity index (χ1) is 6.68. The van der Waals surface area contributed by atoms with E-state index in [0.29, 0.717) is 6.54 Å². The molecule has 0 saturated heterocycles. The van der Waals surface area contributed by atoms with Crippen LogP contribution in [0, 0.1) is 0 Å². The summed E-state index contributed by atoms with van der Waals surface area (Å²) in [6.07, 6.45) is 0.757. The van der Waals surface area contributed by atoms with Crippen LogP contribution in [0.25, 0.3) is 0 Å². The SMILES string of the molecule is Br.O=C(O)C1NCCc2cc(O)ccc21. The maximum Gasteiger partial charge on any atom is 0.325 e. The van der Waals surface area contributed by atoms with Gasteiger partial charge in [-0.2, -0.15) is 0 Å². The van der Waals surface area contributed by atoms with Crippen LogP contribution in [0.1, 0.15) is 17.2 Å². The Morgan fingerprint density at radius 3 is 2.87 bits per heavy atom. The molecule has 0 saturated carbocycles. The number of aliphatic carboxylic acids is 1. The zero-order valence-corrected chi connectivity index (χ0v) is 9.65. The summed E-state index contributed by atoms with van der Waals surface area (Å²) in [5.74, 6) is -0.688. The molecule has 1 aromatic carbocycles. The highest BCUT2D eigenvalue weighted by atomic mass is 79.9. The van der Waals surface area contributed by atoms with Crippen LogP contribution < -0.4 is 5.32 Å². The molecule has 4 nitrogen and oxygen atoms in total. The molecule has 1 aliphatic rings. The van der Waals surface area contributed by atoms with Crippen molar-refractivity contribution in [3.05, 3.63) is 29.3 Å². The van der Waals surface area contributed by atoms with Crippen LogP contribution in [0.15, 0.2) is 18.2 Å². The molecule has 15 heavy (non-hydrogen) atoms. The van der Waals surface area contributed by atoms with Gasteiger partial charge in [0.05, 0.1) is 0 Å². The maximum atomic E-state index is 10.9. The minimum atomic E-state index is -0.878. The lowest BCUT2D eigenvalue weighted by atomic mass is 9.94. The molecule has 1 aromatic rings. The van der Waals surface area contributed by atoms with Gasteiger partial charge < -0.3 is 15.5 Å². The highest BCUT2D eigenvalue weighted by Crippen LogP contribution is 2.26. The second-order valence-electron chi connectivity index (χ2n) is 3.36. The van der Waals surface area contributed by atoms with Gasteiger partial charge in [-0.1, -0.05) is 6.07 Å². The fraction of sp³-hybridized carbons (Fsp3) is 0.300. The molecular formula is C10H12BrNO3. The van der Waals surface area contributed by atoms with E-state index in [9.17, 15) is 9.90 Å². The van der Waals surface area contributed by atoms with E-state index in [2.05, 4.69) is 5.32 Å². The number of hydrogen-bond donors (Lipinski definition) is 3. The molecule has 3 N–H and O–H groups in total. The molecule has 2 rings (SSSR count). The van der Waals surface area contributed by atoms with Crippen molar-refractivity contribution in [2.75, 3.05) is 6.54 Å². The van der Waals surface area contributed by atoms with E-state index in [1.54, 1.807) is 12.1 Å². The Bertz CT molecular complexity index is 381. The van der Waals surface area contributed by atoms with Crippen LogP contribution >= 0.6 is 17.0 Å². The van der Waals surface area contributed by atoms with Gasteiger partial charge in [0, 0.05) is 6.54 Å². The zero-order valence-electron chi connectivity index (χ0n) is 7.93. The first-order valence-corrected chi connectivity index (χ1v) is 4.46. The van der Waals surface area contributed by atoms with E-state index in [4.69, 9.17) is 5.11 Å². The Kier molecular flexibility index (Phi) is 3.71. The third-order valence-electron chi connectivity index (χ3n) is 2.43. The van der Waals surface area contributed by atoms with E-state index < -0.39 is 12.0 Å². The lowest BCUT2D eigenvalue weighted by molar-refractivity contribution is -0.139. The average Bonchev–Trinajstić information content (AvgIpc) is 2.16. The first-order valence-electron chi connectivity index (χ1n) is 4.46. The Balaban J connectivity index is 0.00000112. The highest BCUT2D eigenvalue weighted by Gasteiger charge is 2.25. The average molecular weight is 274 g/mol. The topological polar surface area (TPSA) is 69.6 Å².